The average molecular weight is 795 g/mol. The number of unbranched alkanes of at least 4 members (excludes halogenated alkanes) is 4. The topological polar surface area (TPSA) is 177 Å². The summed E-state index contributed by atoms with van der Waals surface area (Å²) in [5, 5.41) is 34.7. The second kappa shape index (κ2) is 20.5. The lowest BCUT2D eigenvalue weighted by atomic mass is 9.72. The molecule has 11 atom stereocenters. The number of carbonyl (C=O) groups is 3. The molecule has 0 unspecified atom stereocenters. The molecular formula is C43H70O13. The van der Waals surface area contributed by atoms with Crippen molar-refractivity contribution in [1.82, 2.24) is 0 Å². The maximum Gasteiger partial charge on any atom is 0.330 e. The molecule has 0 saturated carbocycles. The van der Waals surface area contributed by atoms with Crippen LogP contribution in [0.2, 0.25) is 0 Å². The van der Waals surface area contributed by atoms with Gasteiger partial charge in [-0.1, -0.05) is 73.3 Å². The molecule has 0 aromatic rings. The van der Waals surface area contributed by atoms with Gasteiger partial charge in [-0.3, -0.25) is 9.59 Å². The van der Waals surface area contributed by atoms with Crippen LogP contribution in [0.1, 0.15) is 138 Å². The Morgan fingerprint density at radius 1 is 0.982 bits per heavy atom. The van der Waals surface area contributed by atoms with Gasteiger partial charge in [-0.05, 0) is 62.0 Å². The van der Waals surface area contributed by atoms with E-state index in [1.807, 2.05) is 0 Å². The van der Waals surface area contributed by atoms with Gasteiger partial charge >= 0.3 is 17.9 Å². The van der Waals surface area contributed by atoms with Crippen LogP contribution in [0.3, 0.4) is 0 Å². The van der Waals surface area contributed by atoms with E-state index in [1.54, 1.807) is 26.0 Å². The first kappa shape index (κ1) is 46.3. The maximum absolute atomic E-state index is 13.4. The predicted octanol–water partition coefficient (Wildman–Crippen LogP) is 5.99. The van der Waals surface area contributed by atoms with Crippen molar-refractivity contribution in [3.8, 4) is 0 Å². The van der Waals surface area contributed by atoms with E-state index in [0.29, 0.717) is 31.8 Å². The highest BCUT2D eigenvalue weighted by molar-refractivity contribution is 5.83. The molecule has 0 aromatic heterocycles. The summed E-state index contributed by atoms with van der Waals surface area (Å²) in [5.41, 5.74) is -1.06. The highest BCUT2D eigenvalue weighted by atomic mass is 16.7. The summed E-state index contributed by atoms with van der Waals surface area (Å²) in [5.74, 6) is -3.93. The first-order valence-electron chi connectivity index (χ1n) is 20.9. The lowest BCUT2D eigenvalue weighted by Crippen LogP contribution is -2.62. The van der Waals surface area contributed by atoms with E-state index >= 15 is 0 Å². The molecule has 4 aliphatic rings. The van der Waals surface area contributed by atoms with Crippen LogP contribution in [-0.4, -0.2) is 108 Å². The Morgan fingerprint density at radius 3 is 2.34 bits per heavy atom. The van der Waals surface area contributed by atoms with Gasteiger partial charge in [0.2, 0.25) is 5.79 Å². The second-order valence-corrected chi connectivity index (χ2v) is 18.0. The molecule has 6 bridgehead atoms. The fraction of sp³-hybridized carbons (Fsp3) is 0.837. The number of cyclic esters (lactones) is 1. The first-order valence-corrected chi connectivity index (χ1v) is 20.9. The molecule has 3 saturated heterocycles. The normalized spacial score (nSPS) is 36.4. The van der Waals surface area contributed by atoms with Gasteiger partial charge in [0, 0.05) is 37.2 Å². The third-order valence-corrected chi connectivity index (χ3v) is 11.9. The minimum Gasteiger partial charge on any atom is -0.466 e. The Balaban J connectivity index is 1.72. The van der Waals surface area contributed by atoms with E-state index in [1.165, 1.54) is 20.1 Å². The van der Waals surface area contributed by atoms with Crippen molar-refractivity contribution in [3.05, 3.63) is 23.8 Å². The number of methoxy groups -OCH3 is 1. The molecule has 13 heteroatoms. The van der Waals surface area contributed by atoms with Crippen molar-refractivity contribution in [2.75, 3.05) is 13.7 Å². The van der Waals surface area contributed by atoms with Crippen molar-refractivity contribution in [1.29, 1.82) is 0 Å². The molecule has 3 N–H and O–H groups in total. The van der Waals surface area contributed by atoms with Gasteiger partial charge in [0.05, 0.1) is 56.8 Å². The van der Waals surface area contributed by atoms with E-state index in [4.69, 9.17) is 33.2 Å². The quantitative estimate of drug-likeness (QED) is 0.0817. The molecule has 0 spiro atoms. The minimum atomic E-state index is -2.27. The van der Waals surface area contributed by atoms with Crippen LogP contribution in [0, 0.1) is 16.7 Å². The summed E-state index contributed by atoms with van der Waals surface area (Å²) in [6, 6.07) is 0. The van der Waals surface area contributed by atoms with Crippen molar-refractivity contribution in [3.63, 3.8) is 0 Å². The molecule has 0 aromatic carbocycles. The number of aliphatic hydroxyl groups excluding tert-OH is 2. The van der Waals surface area contributed by atoms with Gasteiger partial charge in [-0.15, -0.1) is 0 Å². The maximum atomic E-state index is 13.4. The van der Waals surface area contributed by atoms with Crippen molar-refractivity contribution in [2.24, 2.45) is 16.7 Å². The van der Waals surface area contributed by atoms with Gasteiger partial charge in [0.1, 0.15) is 6.10 Å². The molecule has 4 heterocycles. The minimum absolute atomic E-state index is 0.00289. The lowest BCUT2D eigenvalue weighted by Gasteiger charge is -2.51. The molecule has 0 aliphatic carbocycles. The van der Waals surface area contributed by atoms with Crippen LogP contribution in [0.4, 0.5) is 0 Å². The zero-order chi connectivity index (χ0) is 41.3. The molecular weight excluding hydrogens is 724 g/mol. The standard InChI is InChI=1S/C43H70O13/c1-9-10-11-12-13-14-36(46)55-40-28(20-37(47)50-8)19-34-26-35(27(2)44)54-38(48)24-30(45)23-32-21-29(41(3,4)5)22-33(52-32)25-31-16-18-51-39(53-31)15-17-42(6,7)43(40,49)56-34/h15,17,20,27,29-35,39-40,44-45,49H,9-14,16,18-19,21-26H2,1-8H3/b17-15-,28-20+/t27-,29+,30-,31+,32+,33-,34+,35-,39+,40+,43-/m1/s1. The predicted molar refractivity (Wildman–Crippen MR) is 207 cm³/mol. The number of hydrogen-bond acceptors (Lipinski definition) is 13. The van der Waals surface area contributed by atoms with E-state index in [2.05, 4.69) is 27.7 Å². The lowest BCUT2D eigenvalue weighted by molar-refractivity contribution is -0.327. The first-order chi connectivity index (χ1) is 26.3. The Kier molecular flexibility index (Phi) is 17.0. The summed E-state index contributed by atoms with van der Waals surface area (Å²) in [7, 11) is 1.22. The Hall–Kier alpha value is -2.39. The monoisotopic (exact) mass is 794 g/mol. The van der Waals surface area contributed by atoms with E-state index in [9.17, 15) is 29.7 Å². The fourth-order valence-corrected chi connectivity index (χ4v) is 8.31. The number of aliphatic hydroxyl groups is 3. The van der Waals surface area contributed by atoms with Crippen LogP contribution in [-0.2, 0) is 47.5 Å². The van der Waals surface area contributed by atoms with E-state index in [0.717, 1.165) is 38.5 Å². The van der Waals surface area contributed by atoms with Crippen LogP contribution in [0.5, 0.6) is 0 Å². The second-order valence-electron chi connectivity index (χ2n) is 18.0. The summed E-state index contributed by atoms with van der Waals surface area (Å²) >= 11 is 0. The number of rotatable bonds is 9. The van der Waals surface area contributed by atoms with E-state index in [-0.39, 0.29) is 61.4 Å². The molecule has 56 heavy (non-hydrogen) atoms. The van der Waals surface area contributed by atoms with Crippen LogP contribution >= 0.6 is 0 Å². The van der Waals surface area contributed by atoms with Crippen LogP contribution < -0.4 is 0 Å². The molecule has 4 rings (SSSR count). The third kappa shape index (κ3) is 13.1. The Bertz CT molecular complexity index is 1350. The van der Waals surface area contributed by atoms with Crippen LogP contribution in [0.25, 0.3) is 0 Å². The Labute approximate surface area is 333 Å². The molecule has 0 amide bonds. The zero-order valence-corrected chi connectivity index (χ0v) is 35.0. The van der Waals surface area contributed by atoms with Crippen molar-refractivity contribution >= 4 is 17.9 Å². The summed E-state index contributed by atoms with van der Waals surface area (Å²) in [4.78, 5) is 39.5. The molecule has 13 nitrogen and oxygen atoms in total. The largest absolute Gasteiger partial charge is 0.466 e. The van der Waals surface area contributed by atoms with Crippen molar-refractivity contribution < 1.29 is 62.9 Å². The zero-order valence-electron chi connectivity index (χ0n) is 35.0. The highest BCUT2D eigenvalue weighted by Crippen LogP contribution is 2.47. The molecule has 320 valence electrons. The highest BCUT2D eigenvalue weighted by Gasteiger charge is 2.58. The molecule has 0 radical (unpaired) electrons. The smallest absolute Gasteiger partial charge is 0.330 e. The third-order valence-electron chi connectivity index (χ3n) is 11.9. The van der Waals surface area contributed by atoms with Gasteiger partial charge in [0.15, 0.2) is 12.4 Å². The van der Waals surface area contributed by atoms with Gasteiger partial charge in [0.25, 0.3) is 0 Å². The summed E-state index contributed by atoms with van der Waals surface area (Å²) in [6.45, 7) is 14.1. The Morgan fingerprint density at radius 2 is 1.68 bits per heavy atom. The number of carbonyl (C=O) groups excluding carboxylic acids is 3. The average Bonchev–Trinajstić information content (AvgIpc) is 3.11. The number of hydrogen-bond donors (Lipinski definition) is 3. The summed E-state index contributed by atoms with van der Waals surface area (Å²) in [6.07, 6.45) is 4.95. The number of esters is 3. The number of fused-ring (bicyclic) bond motifs is 6. The van der Waals surface area contributed by atoms with Crippen molar-refractivity contribution in [2.45, 2.75) is 199 Å². The van der Waals surface area contributed by atoms with Gasteiger partial charge < -0.3 is 48.5 Å². The fourth-order valence-electron chi connectivity index (χ4n) is 8.31. The SMILES string of the molecule is CCCCCCCC(=O)O[C@H]1/C(=C/C(=O)OC)C[C@H]2C[C@H]([C@@H](C)O)OC(=O)C[C@H](O)C[C@@H]3C[C@H](C(C)(C)C)C[C@H](C[C@@H]4CCO[C@H](/C=C\C(C)(C)[C@]1(O)O2)O4)O3. The van der Waals surface area contributed by atoms with Crippen LogP contribution in [0.15, 0.2) is 23.8 Å². The summed E-state index contributed by atoms with van der Waals surface area (Å²) < 4.78 is 42.3. The number of ether oxygens (including phenoxy) is 7. The van der Waals surface area contributed by atoms with E-state index < -0.39 is 65.9 Å². The molecule has 3 fully saturated rings. The van der Waals surface area contributed by atoms with Gasteiger partial charge in [-0.2, -0.15) is 0 Å². The van der Waals surface area contributed by atoms with Gasteiger partial charge in [-0.25, -0.2) is 4.79 Å². The molecule has 4 aliphatic heterocycles.